The summed E-state index contributed by atoms with van der Waals surface area (Å²) in [5, 5.41) is 0. The smallest absolute Gasteiger partial charge is 0.246 e. The fraction of sp³-hybridized carbons (Fsp3) is 0.250. The van der Waals surface area contributed by atoms with Crippen LogP contribution in [0.1, 0.15) is 24.0 Å². The van der Waals surface area contributed by atoms with E-state index in [2.05, 4.69) is 12.1 Å². The van der Waals surface area contributed by atoms with Crippen LogP contribution in [0.3, 0.4) is 0 Å². The van der Waals surface area contributed by atoms with E-state index in [1.54, 1.807) is 24.3 Å². The van der Waals surface area contributed by atoms with Crippen molar-refractivity contribution < 1.29 is 9.18 Å². The molecular weight excluding hydrogens is 289 g/mol. The SMILES string of the molecule is O=C(/C=C/c1ccc(F)cc1)N1CCCC1Cc1ccccc1. The number of likely N-dealkylation sites (tertiary alicyclic amines) is 1. The van der Waals surface area contributed by atoms with E-state index >= 15 is 0 Å². The van der Waals surface area contributed by atoms with E-state index in [9.17, 15) is 9.18 Å². The minimum absolute atomic E-state index is 0.0350. The van der Waals surface area contributed by atoms with Crippen LogP contribution < -0.4 is 0 Å². The van der Waals surface area contributed by atoms with Gasteiger partial charge in [0, 0.05) is 18.7 Å². The molecule has 0 N–H and O–H groups in total. The van der Waals surface area contributed by atoms with Crippen molar-refractivity contribution in [1.29, 1.82) is 0 Å². The number of hydrogen-bond donors (Lipinski definition) is 0. The Balaban J connectivity index is 1.64. The lowest BCUT2D eigenvalue weighted by atomic mass is 10.0. The first-order valence-electron chi connectivity index (χ1n) is 8.00. The largest absolute Gasteiger partial charge is 0.336 e. The van der Waals surface area contributed by atoms with Crippen molar-refractivity contribution in [2.75, 3.05) is 6.54 Å². The van der Waals surface area contributed by atoms with E-state index in [4.69, 9.17) is 0 Å². The zero-order chi connectivity index (χ0) is 16.1. The van der Waals surface area contributed by atoms with Crippen molar-refractivity contribution in [2.24, 2.45) is 0 Å². The summed E-state index contributed by atoms with van der Waals surface area (Å²) in [6.07, 6.45) is 6.34. The quantitative estimate of drug-likeness (QED) is 0.780. The van der Waals surface area contributed by atoms with Crippen LogP contribution in [0.4, 0.5) is 4.39 Å². The summed E-state index contributed by atoms with van der Waals surface area (Å²) >= 11 is 0. The molecule has 1 aliphatic heterocycles. The summed E-state index contributed by atoms with van der Waals surface area (Å²) in [5.74, 6) is -0.233. The normalized spacial score (nSPS) is 17.8. The summed E-state index contributed by atoms with van der Waals surface area (Å²) in [6, 6.07) is 16.7. The van der Waals surface area contributed by atoms with Gasteiger partial charge in [0.1, 0.15) is 5.82 Å². The Hall–Kier alpha value is -2.42. The third kappa shape index (κ3) is 4.07. The molecule has 1 atom stereocenters. The van der Waals surface area contributed by atoms with Crippen LogP contribution in [0.5, 0.6) is 0 Å². The highest BCUT2D eigenvalue weighted by molar-refractivity contribution is 5.92. The molecule has 1 unspecified atom stereocenters. The zero-order valence-corrected chi connectivity index (χ0v) is 13.0. The number of amides is 1. The molecule has 2 aromatic rings. The van der Waals surface area contributed by atoms with E-state index in [1.807, 2.05) is 23.1 Å². The minimum atomic E-state index is -0.268. The van der Waals surface area contributed by atoms with Gasteiger partial charge in [-0.05, 0) is 48.6 Å². The van der Waals surface area contributed by atoms with Gasteiger partial charge in [-0.25, -0.2) is 4.39 Å². The fourth-order valence-electron chi connectivity index (χ4n) is 3.06. The first-order valence-corrected chi connectivity index (χ1v) is 8.00. The van der Waals surface area contributed by atoms with E-state index in [1.165, 1.54) is 17.7 Å². The van der Waals surface area contributed by atoms with Crippen LogP contribution in [0.25, 0.3) is 6.08 Å². The molecule has 0 saturated carbocycles. The van der Waals surface area contributed by atoms with E-state index in [0.717, 1.165) is 31.4 Å². The molecule has 3 rings (SSSR count). The summed E-state index contributed by atoms with van der Waals surface area (Å²) < 4.78 is 12.9. The van der Waals surface area contributed by atoms with E-state index in [0.29, 0.717) is 0 Å². The van der Waals surface area contributed by atoms with Crippen molar-refractivity contribution in [3.63, 3.8) is 0 Å². The minimum Gasteiger partial charge on any atom is -0.336 e. The van der Waals surface area contributed by atoms with Crippen LogP contribution in [-0.4, -0.2) is 23.4 Å². The topological polar surface area (TPSA) is 20.3 Å². The molecule has 1 fully saturated rings. The monoisotopic (exact) mass is 309 g/mol. The van der Waals surface area contributed by atoms with Crippen molar-refractivity contribution in [3.05, 3.63) is 77.6 Å². The van der Waals surface area contributed by atoms with E-state index in [-0.39, 0.29) is 17.8 Å². The van der Waals surface area contributed by atoms with Gasteiger partial charge in [-0.2, -0.15) is 0 Å². The van der Waals surface area contributed by atoms with Crippen molar-refractivity contribution in [2.45, 2.75) is 25.3 Å². The van der Waals surface area contributed by atoms with Gasteiger partial charge in [0.25, 0.3) is 0 Å². The van der Waals surface area contributed by atoms with Crippen LogP contribution in [0, 0.1) is 5.82 Å². The summed E-state index contributed by atoms with van der Waals surface area (Å²) in [7, 11) is 0. The number of nitrogens with zero attached hydrogens (tertiary/aromatic N) is 1. The summed E-state index contributed by atoms with van der Waals surface area (Å²) in [6.45, 7) is 0.810. The first kappa shape index (κ1) is 15.5. The first-order chi connectivity index (χ1) is 11.2. The molecule has 0 aliphatic carbocycles. The highest BCUT2D eigenvalue weighted by Gasteiger charge is 2.27. The second-order valence-electron chi connectivity index (χ2n) is 5.90. The van der Waals surface area contributed by atoms with Crippen molar-refractivity contribution in [1.82, 2.24) is 4.90 Å². The Morgan fingerprint density at radius 3 is 2.61 bits per heavy atom. The van der Waals surface area contributed by atoms with Crippen molar-refractivity contribution >= 4 is 12.0 Å². The molecule has 1 aliphatic rings. The Morgan fingerprint density at radius 1 is 1.13 bits per heavy atom. The molecule has 2 nitrogen and oxygen atoms in total. The highest BCUT2D eigenvalue weighted by Crippen LogP contribution is 2.21. The van der Waals surface area contributed by atoms with Crippen LogP contribution in [-0.2, 0) is 11.2 Å². The van der Waals surface area contributed by atoms with Gasteiger partial charge >= 0.3 is 0 Å². The fourth-order valence-corrected chi connectivity index (χ4v) is 3.06. The van der Waals surface area contributed by atoms with Crippen LogP contribution >= 0.6 is 0 Å². The molecule has 0 bridgehead atoms. The maximum Gasteiger partial charge on any atom is 0.246 e. The Bertz CT molecular complexity index is 679. The molecule has 23 heavy (non-hydrogen) atoms. The Labute approximate surface area is 136 Å². The van der Waals surface area contributed by atoms with Gasteiger partial charge in [0.05, 0.1) is 0 Å². The predicted molar refractivity (Wildman–Crippen MR) is 90.3 cm³/mol. The molecule has 0 aromatic heterocycles. The van der Waals surface area contributed by atoms with Crippen LogP contribution in [0.2, 0.25) is 0 Å². The maximum atomic E-state index is 12.9. The summed E-state index contributed by atoms with van der Waals surface area (Å²) in [5.41, 5.74) is 2.10. The Morgan fingerprint density at radius 2 is 1.87 bits per heavy atom. The Kier molecular flexibility index (Phi) is 4.86. The zero-order valence-electron chi connectivity index (χ0n) is 13.0. The van der Waals surface area contributed by atoms with Gasteiger partial charge in [-0.15, -0.1) is 0 Å². The van der Waals surface area contributed by atoms with E-state index < -0.39 is 0 Å². The molecule has 118 valence electrons. The standard InChI is InChI=1S/C20H20FNO/c21-18-11-8-16(9-12-18)10-13-20(23)22-14-4-7-19(22)15-17-5-2-1-3-6-17/h1-3,5-6,8-13,19H,4,7,14-15H2/b13-10+. The van der Waals surface area contributed by atoms with Gasteiger partial charge in [-0.3, -0.25) is 4.79 Å². The average molecular weight is 309 g/mol. The second kappa shape index (κ2) is 7.23. The molecular formula is C20H20FNO. The molecule has 1 saturated heterocycles. The highest BCUT2D eigenvalue weighted by atomic mass is 19.1. The maximum absolute atomic E-state index is 12.9. The lowest BCUT2D eigenvalue weighted by Gasteiger charge is -2.23. The van der Waals surface area contributed by atoms with Crippen molar-refractivity contribution in [3.8, 4) is 0 Å². The number of rotatable bonds is 4. The average Bonchev–Trinajstić information content (AvgIpc) is 3.03. The van der Waals surface area contributed by atoms with Gasteiger partial charge < -0.3 is 4.90 Å². The number of carbonyl (C=O) groups is 1. The number of benzene rings is 2. The number of halogens is 1. The number of carbonyl (C=O) groups excluding carboxylic acids is 1. The molecule has 2 aromatic carbocycles. The van der Waals surface area contributed by atoms with Gasteiger partial charge in [-0.1, -0.05) is 42.5 Å². The lowest BCUT2D eigenvalue weighted by Crippen LogP contribution is -2.35. The molecule has 0 spiro atoms. The molecule has 0 radical (unpaired) electrons. The third-order valence-corrected chi connectivity index (χ3v) is 4.26. The van der Waals surface area contributed by atoms with Gasteiger partial charge in [0.15, 0.2) is 0 Å². The predicted octanol–water partition coefficient (Wildman–Crippen LogP) is 4.07. The lowest BCUT2D eigenvalue weighted by molar-refractivity contribution is -0.126. The molecule has 3 heteroatoms. The second-order valence-corrected chi connectivity index (χ2v) is 5.90. The third-order valence-electron chi connectivity index (χ3n) is 4.26. The molecule has 1 amide bonds. The number of hydrogen-bond acceptors (Lipinski definition) is 1. The molecule has 1 heterocycles. The summed E-state index contributed by atoms with van der Waals surface area (Å²) in [4.78, 5) is 14.4. The van der Waals surface area contributed by atoms with Crippen LogP contribution in [0.15, 0.2) is 60.7 Å². The van der Waals surface area contributed by atoms with Gasteiger partial charge in [0.2, 0.25) is 5.91 Å².